The Morgan fingerprint density at radius 1 is 1.00 bits per heavy atom. The first kappa shape index (κ1) is 23.3. The normalized spacial score (nSPS) is 11.8. The molecule has 2 aromatic carbocycles. The highest BCUT2D eigenvalue weighted by Gasteiger charge is 2.15. The quantitative estimate of drug-likeness (QED) is 0.548. The predicted octanol–water partition coefficient (Wildman–Crippen LogP) is 1.72. The van der Waals surface area contributed by atoms with Crippen LogP contribution < -0.4 is 20.3 Å². The van der Waals surface area contributed by atoms with Crippen molar-refractivity contribution < 1.29 is 28.0 Å². The van der Waals surface area contributed by atoms with E-state index in [4.69, 9.17) is 0 Å². The van der Waals surface area contributed by atoms with Crippen molar-refractivity contribution in [3.05, 3.63) is 59.2 Å². The lowest BCUT2D eigenvalue weighted by Crippen LogP contribution is -3.11. The SMILES string of the molecule is Cc1cccc(C)c1NC(=O)C[NH+](C)CC(=O)NCCc1ccc(OC(F)F)cc1. The summed E-state index contributed by atoms with van der Waals surface area (Å²) in [7, 11) is 1.78. The van der Waals surface area contributed by atoms with Crippen molar-refractivity contribution in [3.8, 4) is 5.75 Å². The number of halogens is 2. The molecule has 0 aromatic heterocycles. The fraction of sp³-hybridized carbons (Fsp3) is 0.364. The van der Waals surface area contributed by atoms with Gasteiger partial charge in [-0.3, -0.25) is 9.59 Å². The summed E-state index contributed by atoms with van der Waals surface area (Å²) >= 11 is 0. The van der Waals surface area contributed by atoms with Gasteiger partial charge in [-0.2, -0.15) is 8.78 Å². The maximum Gasteiger partial charge on any atom is 0.387 e. The van der Waals surface area contributed by atoms with E-state index in [0.717, 1.165) is 27.3 Å². The molecule has 0 aliphatic heterocycles. The zero-order valence-electron chi connectivity index (χ0n) is 17.4. The van der Waals surface area contributed by atoms with Crippen molar-refractivity contribution in [2.45, 2.75) is 26.9 Å². The summed E-state index contributed by atoms with van der Waals surface area (Å²) in [6.07, 6.45) is 0.562. The van der Waals surface area contributed by atoms with Gasteiger partial charge >= 0.3 is 6.61 Å². The van der Waals surface area contributed by atoms with Crippen LogP contribution in [0.5, 0.6) is 5.75 Å². The number of anilines is 1. The smallest absolute Gasteiger partial charge is 0.387 e. The number of carbonyl (C=O) groups is 2. The number of ether oxygens (including phenoxy) is 1. The van der Waals surface area contributed by atoms with E-state index >= 15 is 0 Å². The van der Waals surface area contributed by atoms with Gasteiger partial charge in [0.05, 0.1) is 7.05 Å². The Morgan fingerprint density at radius 3 is 2.20 bits per heavy atom. The van der Waals surface area contributed by atoms with Gasteiger partial charge in [0.15, 0.2) is 13.1 Å². The van der Waals surface area contributed by atoms with Gasteiger partial charge in [0, 0.05) is 12.2 Å². The van der Waals surface area contributed by atoms with Crippen LogP contribution in [0.2, 0.25) is 0 Å². The Bertz CT molecular complexity index is 837. The summed E-state index contributed by atoms with van der Waals surface area (Å²) < 4.78 is 28.6. The minimum atomic E-state index is -2.85. The van der Waals surface area contributed by atoms with E-state index in [0.29, 0.717) is 13.0 Å². The molecule has 0 radical (unpaired) electrons. The van der Waals surface area contributed by atoms with Crippen LogP contribution in [0.25, 0.3) is 0 Å². The third kappa shape index (κ3) is 7.79. The molecule has 1 unspecified atom stereocenters. The standard InChI is InChI=1S/C22H27F2N3O3/c1-15-5-4-6-16(2)21(15)26-20(29)14-27(3)13-19(28)25-12-11-17-7-9-18(10-8-17)30-22(23)24/h4-10,22H,11-14H2,1-3H3,(H,25,28)(H,26,29)/p+1. The largest absolute Gasteiger partial charge is 0.435 e. The van der Waals surface area contributed by atoms with Crippen molar-refractivity contribution >= 4 is 17.5 Å². The van der Waals surface area contributed by atoms with Crippen molar-refractivity contribution in [3.63, 3.8) is 0 Å². The molecule has 1 atom stereocenters. The molecular weight excluding hydrogens is 392 g/mol. The number of amides is 2. The van der Waals surface area contributed by atoms with Gasteiger partial charge in [0.1, 0.15) is 5.75 Å². The highest BCUT2D eigenvalue weighted by Crippen LogP contribution is 2.19. The maximum atomic E-state index is 12.3. The fourth-order valence-corrected chi connectivity index (χ4v) is 3.05. The summed E-state index contributed by atoms with van der Waals surface area (Å²) in [6.45, 7) is 1.78. The van der Waals surface area contributed by atoms with E-state index in [1.807, 2.05) is 32.0 Å². The number of carbonyl (C=O) groups excluding carboxylic acids is 2. The number of para-hydroxylation sites is 1. The number of aryl methyl sites for hydroxylation is 2. The van der Waals surface area contributed by atoms with Gasteiger partial charge in [0.25, 0.3) is 11.8 Å². The van der Waals surface area contributed by atoms with Crippen molar-refractivity contribution in [1.82, 2.24) is 5.32 Å². The molecule has 0 heterocycles. The number of alkyl halides is 2. The number of quaternary nitrogens is 1. The summed E-state index contributed by atoms with van der Waals surface area (Å²) in [5, 5.41) is 5.72. The molecule has 0 saturated carbocycles. The van der Waals surface area contributed by atoms with Crippen LogP contribution >= 0.6 is 0 Å². The highest BCUT2D eigenvalue weighted by atomic mass is 19.3. The van der Waals surface area contributed by atoms with Gasteiger partial charge in [-0.25, -0.2) is 0 Å². The van der Waals surface area contributed by atoms with Crippen LogP contribution in [0.15, 0.2) is 42.5 Å². The van der Waals surface area contributed by atoms with Crippen LogP contribution in [0.1, 0.15) is 16.7 Å². The number of likely N-dealkylation sites (N-methyl/N-ethyl adjacent to an activating group) is 1. The second-order valence-electron chi connectivity index (χ2n) is 7.25. The Hall–Kier alpha value is -3.00. The molecule has 30 heavy (non-hydrogen) atoms. The summed E-state index contributed by atoms with van der Waals surface area (Å²) in [5.74, 6) is -0.212. The van der Waals surface area contributed by atoms with Gasteiger partial charge in [-0.15, -0.1) is 0 Å². The van der Waals surface area contributed by atoms with E-state index in [1.54, 1.807) is 19.2 Å². The van der Waals surface area contributed by atoms with Crippen LogP contribution in [0.4, 0.5) is 14.5 Å². The molecule has 0 fully saturated rings. The molecule has 6 nitrogen and oxygen atoms in total. The van der Waals surface area contributed by atoms with E-state index in [-0.39, 0.29) is 30.7 Å². The molecule has 0 saturated heterocycles. The summed E-state index contributed by atoms with van der Waals surface area (Å²) in [6, 6.07) is 12.1. The van der Waals surface area contributed by atoms with Crippen molar-refractivity contribution in [2.75, 3.05) is 32.0 Å². The number of hydrogen-bond donors (Lipinski definition) is 3. The third-order valence-electron chi connectivity index (χ3n) is 4.55. The van der Waals surface area contributed by atoms with Crippen molar-refractivity contribution in [2.24, 2.45) is 0 Å². The lowest BCUT2D eigenvalue weighted by Gasteiger charge is -2.15. The lowest BCUT2D eigenvalue weighted by atomic mass is 10.1. The molecule has 3 N–H and O–H groups in total. The zero-order valence-corrected chi connectivity index (χ0v) is 17.4. The molecule has 0 spiro atoms. The molecule has 8 heteroatoms. The van der Waals surface area contributed by atoms with Crippen LogP contribution in [-0.4, -0.2) is 45.1 Å². The van der Waals surface area contributed by atoms with E-state index in [1.165, 1.54) is 12.1 Å². The first-order valence-electron chi connectivity index (χ1n) is 9.72. The number of hydrogen-bond acceptors (Lipinski definition) is 3. The fourth-order valence-electron chi connectivity index (χ4n) is 3.05. The summed E-state index contributed by atoms with van der Waals surface area (Å²) in [5.41, 5.74) is 3.69. The number of rotatable bonds is 10. The van der Waals surface area contributed by atoms with E-state index in [9.17, 15) is 18.4 Å². The second kappa shape index (κ2) is 11.3. The van der Waals surface area contributed by atoms with Crippen LogP contribution in [-0.2, 0) is 16.0 Å². The topological polar surface area (TPSA) is 71.9 Å². The Kier molecular flexibility index (Phi) is 8.73. The average Bonchev–Trinajstić information content (AvgIpc) is 2.65. The molecule has 2 rings (SSSR count). The van der Waals surface area contributed by atoms with Crippen molar-refractivity contribution in [1.29, 1.82) is 0 Å². The number of nitrogens with one attached hydrogen (secondary N) is 3. The monoisotopic (exact) mass is 420 g/mol. The molecule has 0 aliphatic carbocycles. The minimum Gasteiger partial charge on any atom is -0.435 e. The van der Waals surface area contributed by atoms with Crippen LogP contribution in [0, 0.1) is 13.8 Å². The minimum absolute atomic E-state index is 0.0992. The zero-order chi connectivity index (χ0) is 22.1. The highest BCUT2D eigenvalue weighted by molar-refractivity contribution is 5.93. The Morgan fingerprint density at radius 2 is 1.60 bits per heavy atom. The number of benzene rings is 2. The molecule has 0 bridgehead atoms. The molecule has 0 aliphatic rings. The predicted molar refractivity (Wildman–Crippen MR) is 111 cm³/mol. The first-order chi connectivity index (χ1) is 14.2. The van der Waals surface area contributed by atoms with Gasteiger partial charge in [-0.05, 0) is 49.1 Å². The molecule has 162 valence electrons. The van der Waals surface area contributed by atoms with Gasteiger partial charge < -0.3 is 20.3 Å². The van der Waals surface area contributed by atoms with Gasteiger partial charge in [-0.1, -0.05) is 30.3 Å². The van der Waals surface area contributed by atoms with E-state index in [2.05, 4.69) is 15.4 Å². The lowest BCUT2D eigenvalue weighted by molar-refractivity contribution is -0.862. The van der Waals surface area contributed by atoms with Crippen LogP contribution in [0.3, 0.4) is 0 Å². The molecule has 2 aromatic rings. The third-order valence-corrected chi connectivity index (χ3v) is 4.55. The maximum absolute atomic E-state index is 12.3. The molecule has 2 amide bonds. The molecular formula is C22H28F2N3O3+. The van der Waals surface area contributed by atoms with E-state index < -0.39 is 6.61 Å². The Labute approximate surface area is 175 Å². The summed E-state index contributed by atoms with van der Waals surface area (Å²) in [4.78, 5) is 25.1. The second-order valence-corrected chi connectivity index (χ2v) is 7.25. The first-order valence-corrected chi connectivity index (χ1v) is 9.72. The average molecular weight is 420 g/mol. The van der Waals surface area contributed by atoms with Gasteiger partial charge in [0.2, 0.25) is 0 Å². The Balaban J connectivity index is 1.70.